The molecule has 0 saturated carbocycles. The van der Waals surface area contributed by atoms with Crippen LogP contribution in [0, 0.1) is 0 Å². The van der Waals surface area contributed by atoms with Gasteiger partial charge in [0.25, 0.3) is 0 Å². The molecule has 0 aliphatic rings. The Morgan fingerprint density at radius 1 is 0.792 bits per heavy atom. The molecule has 0 heterocycles. The molecule has 0 unspecified atom stereocenters. The normalized spacial score (nSPS) is 11.0. The van der Waals surface area contributed by atoms with E-state index in [0.29, 0.717) is 6.42 Å². The number of hydrogen-bond acceptors (Lipinski definition) is 1. The molecule has 0 rings (SSSR count). The highest BCUT2D eigenvalue weighted by molar-refractivity contribution is 5.66. The molecule has 1 N–H and O–H groups in total. The summed E-state index contributed by atoms with van der Waals surface area (Å²) in [5, 5.41) is 8.47. The van der Waals surface area contributed by atoms with Crippen molar-refractivity contribution in [2.45, 2.75) is 71.1 Å². The van der Waals surface area contributed by atoms with Crippen molar-refractivity contribution in [1.82, 2.24) is 0 Å². The third-order valence-electron chi connectivity index (χ3n) is 3.44. The van der Waals surface area contributed by atoms with Gasteiger partial charge >= 0.3 is 5.97 Å². The summed E-state index contributed by atoms with van der Waals surface area (Å²) in [6.07, 6.45) is 26.5. The van der Waals surface area contributed by atoms with Crippen LogP contribution in [0.4, 0.5) is 0 Å². The van der Waals surface area contributed by atoms with Gasteiger partial charge in [0.2, 0.25) is 0 Å². The van der Waals surface area contributed by atoms with Crippen LogP contribution in [0.3, 0.4) is 0 Å². The van der Waals surface area contributed by atoms with E-state index in [4.69, 9.17) is 5.11 Å². The molecule has 0 atom stereocenters. The number of allylic oxidation sites excluding steroid dienone is 8. The first-order chi connectivity index (χ1) is 11.8. The Labute approximate surface area is 147 Å². The van der Waals surface area contributed by atoms with Crippen molar-refractivity contribution < 1.29 is 9.90 Å². The Kier molecular flexibility index (Phi) is 17.4. The topological polar surface area (TPSA) is 37.3 Å². The third kappa shape index (κ3) is 20.0. The largest absolute Gasteiger partial charge is 0.481 e. The van der Waals surface area contributed by atoms with Crippen molar-refractivity contribution in [1.29, 1.82) is 0 Å². The van der Waals surface area contributed by atoms with E-state index in [9.17, 15) is 4.79 Å². The lowest BCUT2D eigenvalue weighted by atomic mass is 10.1. The molecule has 0 aliphatic heterocycles. The average Bonchev–Trinajstić information content (AvgIpc) is 2.56. The van der Waals surface area contributed by atoms with Gasteiger partial charge in [0.1, 0.15) is 0 Å². The lowest BCUT2D eigenvalue weighted by Gasteiger charge is -1.98. The minimum atomic E-state index is -0.767. The van der Waals surface area contributed by atoms with E-state index in [1.54, 1.807) is 6.08 Å². The number of unbranched alkanes of at least 4 members (excludes halogenated alkanes) is 7. The zero-order chi connectivity index (χ0) is 17.7. The van der Waals surface area contributed by atoms with Gasteiger partial charge in [-0.15, -0.1) is 0 Å². The van der Waals surface area contributed by atoms with E-state index in [1.165, 1.54) is 44.9 Å². The second-order valence-electron chi connectivity index (χ2n) is 5.71. The van der Waals surface area contributed by atoms with Gasteiger partial charge in [0, 0.05) is 6.42 Å². The summed E-state index contributed by atoms with van der Waals surface area (Å²) in [6, 6.07) is 0. The van der Waals surface area contributed by atoms with Gasteiger partial charge in [-0.3, -0.25) is 4.79 Å². The van der Waals surface area contributed by atoms with Gasteiger partial charge in [-0.05, 0) is 31.4 Å². The molecular formula is C22H32O2. The Morgan fingerprint density at radius 3 is 2.12 bits per heavy atom. The maximum absolute atomic E-state index is 10.3. The lowest BCUT2D eigenvalue weighted by molar-refractivity contribution is -0.136. The van der Waals surface area contributed by atoms with E-state index < -0.39 is 5.97 Å². The summed E-state index contributed by atoms with van der Waals surface area (Å²) in [5.41, 5.74) is 5.89. The molecule has 24 heavy (non-hydrogen) atoms. The summed E-state index contributed by atoms with van der Waals surface area (Å²) >= 11 is 0. The van der Waals surface area contributed by atoms with Crippen molar-refractivity contribution in [3.8, 4) is 0 Å². The monoisotopic (exact) mass is 328 g/mol. The van der Waals surface area contributed by atoms with Gasteiger partial charge in [-0.25, -0.2) is 0 Å². The molecule has 0 aromatic heterocycles. The minimum absolute atomic E-state index is 0.175. The Bertz CT molecular complexity index is 482. The molecule has 2 heteroatoms. The standard InChI is InChI=1S/C22H32O2/c1-2-3-4-5-6-7-8-9-10-11-12-13-14-15-16-17-18-19-20-21-22(23)24/h10-12,15-19H,2-9,20-21H2,1H3,(H,23,24)/b11-10+,15-12?,17-16+,19-18+. The number of hydrogen-bond donors (Lipinski definition) is 1. The van der Waals surface area contributed by atoms with Crippen LogP contribution in [0.25, 0.3) is 0 Å². The molecular weight excluding hydrogens is 296 g/mol. The molecule has 0 aromatic rings. The van der Waals surface area contributed by atoms with Crippen LogP contribution in [-0.2, 0) is 4.79 Å². The van der Waals surface area contributed by atoms with E-state index >= 15 is 0 Å². The third-order valence-corrected chi connectivity index (χ3v) is 3.44. The Morgan fingerprint density at radius 2 is 1.42 bits per heavy atom. The first-order valence-corrected chi connectivity index (χ1v) is 9.13. The van der Waals surface area contributed by atoms with Crippen LogP contribution in [0.1, 0.15) is 71.1 Å². The molecule has 0 amide bonds. The summed E-state index contributed by atoms with van der Waals surface area (Å²) in [5.74, 6) is -0.767. The van der Waals surface area contributed by atoms with Gasteiger partial charge in [-0.2, -0.15) is 0 Å². The maximum atomic E-state index is 10.3. The first kappa shape index (κ1) is 22.0. The number of carbonyl (C=O) groups is 1. The van der Waals surface area contributed by atoms with E-state index in [1.807, 2.05) is 36.5 Å². The second-order valence-corrected chi connectivity index (χ2v) is 5.71. The summed E-state index contributed by atoms with van der Waals surface area (Å²) in [6.45, 7) is 2.25. The number of aliphatic carboxylic acids is 1. The molecule has 0 radical (unpaired) electrons. The fourth-order valence-corrected chi connectivity index (χ4v) is 2.08. The number of carboxylic acid groups (broad SMARTS) is 1. The summed E-state index contributed by atoms with van der Waals surface area (Å²) in [7, 11) is 0. The van der Waals surface area contributed by atoms with Crippen LogP contribution in [0.15, 0.2) is 60.1 Å². The highest BCUT2D eigenvalue weighted by atomic mass is 16.4. The number of carboxylic acids is 1. The highest BCUT2D eigenvalue weighted by Gasteiger charge is 1.90. The fourth-order valence-electron chi connectivity index (χ4n) is 2.08. The molecule has 2 nitrogen and oxygen atoms in total. The molecule has 132 valence electrons. The van der Waals surface area contributed by atoms with Crippen molar-refractivity contribution in [3.63, 3.8) is 0 Å². The van der Waals surface area contributed by atoms with E-state index in [-0.39, 0.29) is 6.42 Å². The van der Waals surface area contributed by atoms with Gasteiger partial charge in [0.05, 0.1) is 0 Å². The lowest BCUT2D eigenvalue weighted by Crippen LogP contribution is -1.91. The van der Waals surface area contributed by atoms with Crippen molar-refractivity contribution in [3.05, 3.63) is 60.1 Å². The SMILES string of the molecule is CCCCCCCCC/C=C/C=C=C=C/C=C/C=C/CCC(=O)O. The van der Waals surface area contributed by atoms with Crippen LogP contribution < -0.4 is 0 Å². The molecule has 0 aromatic carbocycles. The fraction of sp³-hybridized carbons (Fsp3) is 0.500. The molecule has 0 spiro atoms. The predicted octanol–water partition coefficient (Wildman–Crippen LogP) is 6.53. The summed E-state index contributed by atoms with van der Waals surface area (Å²) < 4.78 is 0. The van der Waals surface area contributed by atoms with Gasteiger partial charge in [0.15, 0.2) is 0 Å². The zero-order valence-corrected chi connectivity index (χ0v) is 15.0. The highest BCUT2D eigenvalue weighted by Crippen LogP contribution is 2.08. The van der Waals surface area contributed by atoms with Crippen molar-refractivity contribution in [2.75, 3.05) is 0 Å². The molecule has 0 aliphatic carbocycles. The quantitative estimate of drug-likeness (QED) is 0.224. The minimum Gasteiger partial charge on any atom is -0.481 e. The van der Waals surface area contributed by atoms with Crippen LogP contribution in [-0.4, -0.2) is 11.1 Å². The van der Waals surface area contributed by atoms with Crippen LogP contribution in [0.5, 0.6) is 0 Å². The zero-order valence-electron chi connectivity index (χ0n) is 15.0. The molecule has 0 bridgehead atoms. The van der Waals surface area contributed by atoms with E-state index in [0.717, 1.165) is 6.42 Å². The Hall–Kier alpha value is -2.01. The summed E-state index contributed by atoms with van der Waals surface area (Å²) in [4.78, 5) is 10.3. The molecule has 0 fully saturated rings. The molecule has 0 saturated heterocycles. The van der Waals surface area contributed by atoms with Crippen LogP contribution >= 0.6 is 0 Å². The smallest absolute Gasteiger partial charge is 0.303 e. The van der Waals surface area contributed by atoms with E-state index in [2.05, 4.69) is 24.5 Å². The van der Waals surface area contributed by atoms with Crippen LogP contribution in [0.2, 0.25) is 0 Å². The second kappa shape index (κ2) is 19.0. The maximum Gasteiger partial charge on any atom is 0.303 e. The van der Waals surface area contributed by atoms with Gasteiger partial charge < -0.3 is 5.11 Å². The first-order valence-electron chi connectivity index (χ1n) is 9.13. The van der Waals surface area contributed by atoms with Crippen molar-refractivity contribution >= 4 is 5.97 Å². The average molecular weight is 328 g/mol. The van der Waals surface area contributed by atoms with Gasteiger partial charge in [-0.1, -0.05) is 93.4 Å². The Balaban J connectivity index is 3.66. The van der Waals surface area contributed by atoms with Crippen molar-refractivity contribution in [2.24, 2.45) is 0 Å². The number of rotatable bonds is 14. The predicted molar refractivity (Wildman–Crippen MR) is 103 cm³/mol.